The Morgan fingerprint density at radius 2 is 1.87 bits per heavy atom. The molecule has 1 aromatic rings. The number of carbonyl (C=O) groups is 2. The van der Waals surface area contributed by atoms with Crippen LogP contribution in [0.2, 0.25) is 0 Å². The number of nitrogens with zero attached hydrogens (tertiary/aromatic N) is 1. The van der Waals surface area contributed by atoms with E-state index >= 15 is 0 Å². The van der Waals surface area contributed by atoms with Gasteiger partial charge in [0.15, 0.2) is 0 Å². The molecule has 1 unspecified atom stereocenters. The van der Waals surface area contributed by atoms with Gasteiger partial charge in [0.2, 0.25) is 11.8 Å². The van der Waals surface area contributed by atoms with Gasteiger partial charge >= 0.3 is 0 Å². The van der Waals surface area contributed by atoms with Crippen molar-refractivity contribution in [3.63, 3.8) is 0 Å². The maximum atomic E-state index is 12.2. The highest BCUT2D eigenvalue weighted by molar-refractivity contribution is 6.03. The molecule has 0 aromatic heterocycles. The number of hydrogen-bond donors (Lipinski definition) is 1. The molecule has 0 saturated carbocycles. The summed E-state index contributed by atoms with van der Waals surface area (Å²) in [5, 5.41) is 2.82. The minimum absolute atomic E-state index is 0.0691. The topological polar surface area (TPSA) is 49.4 Å². The van der Waals surface area contributed by atoms with E-state index in [9.17, 15) is 9.59 Å². The smallest absolute Gasteiger partial charge is 0.233 e. The van der Waals surface area contributed by atoms with E-state index in [1.165, 1.54) is 5.56 Å². The molecule has 0 spiro atoms. The molecule has 1 saturated heterocycles. The molecule has 2 amide bonds. The van der Waals surface area contributed by atoms with Crippen molar-refractivity contribution in [3.8, 4) is 0 Å². The molecule has 1 aliphatic heterocycles. The molecule has 4 nitrogen and oxygen atoms in total. The first-order chi connectivity index (χ1) is 10.8. The Bertz CT molecular complexity index is 558. The van der Waals surface area contributed by atoms with Crippen LogP contribution in [-0.2, 0) is 15.0 Å². The highest BCUT2D eigenvalue weighted by Crippen LogP contribution is 2.23. The summed E-state index contributed by atoms with van der Waals surface area (Å²) >= 11 is 0. The maximum absolute atomic E-state index is 12.2. The van der Waals surface area contributed by atoms with E-state index in [-0.39, 0.29) is 23.7 Å². The molecular formula is C19H28N2O2. The Kier molecular flexibility index (Phi) is 5.45. The van der Waals surface area contributed by atoms with Crippen molar-refractivity contribution in [1.29, 1.82) is 0 Å². The van der Waals surface area contributed by atoms with Gasteiger partial charge in [0.05, 0.1) is 0 Å². The van der Waals surface area contributed by atoms with Gasteiger partial charge in [-0.2, -0.15) is 0 Å². The highest BCUT2D eigenvalue weighted by Gasteiger charge is 2.22. The summed E-state index contributed by atoms with van der Waals surface area (Å²) in [5.41, 5.74) is 2.04. The molecule has 1 heterocycles. The summed E-state index contributed by atoms with van der Waals surface area (Å²) in [6.45, 7) is 10.1. The fourth-order valence-corrected chi connectivity index (χ4v) is 2.92. The average molecular weight is 316 g/mol. The number of hydrogen-bond acceptors (Lipinski definition) is 2. The van der Waals surface area contributed by atoms with Crippen LogP contribution >= 0.6 is 0 Å². The van der Waals surface area contributed by atoms with E-state index in [1.54, 1.807) is 0 Å². The number of carbonyl (C=O) groups excluding carboxylic acids is 2. The van der Waals surface area contributed by atoms with E-state index in [1.807, 2.05) is 29.2 Å². The summed E-state index contributed by atoms with van der Waals surface area (Å²) < 4.78 is 0. The Labute approximate surface area is 139 Å². The number of piperidine rings is 1. The standard InChI is InChI=1S/C19H28N2O2/c1-14-6-5-11-21(13-14)18(23)12-17(22)20-16-9-7-15(8-10-16)19(2,3)4/h7-10,14H,5-6,11-13H2,1-4H3,(H,20,22). The van der Waals surface area contributed by atoms with Gasteiger partial charge in [-0.25, -0.2) is 0 Å². The zero-order valence-corrected chi connectivity index (χ0v) is 14.7. The molecule has 4 heteroatoms. The lowest BCUT2D eigenvalue weighted by Crippen LogP contribution is -2.40. The van der Waals surface area contributed by atoms with E-state index in [0.717, 1.165) is 31.6 Å². The third-order valence-electron chi connectivity index (χ3n) is 4.36. The van der Waals surface area contributed by atoms with E-state index in [0.29, 0.717) is 5.92 Å². The second-order valence-corrected chi connectivity index (χ2v) is 7.64. The fraction of sp³-hybridized carbons (Fsp3) is 0.579. The fourth-order valence-electron chi connectivity index (χ4n) is 2.92. The third kappa shape index (κ3) is 5.08. The molecule has 1 aliphatic rings. The Morgan fingerprint density at radius 1 is 1.22 bits per heavy atom. The van der Waals surface area contributed by atoms with Gasteiger partial charge in [0.25, 0.3) is 0 Å². The Balaban J connectivity index is 1.88. The van der Waals surface area contributed by atoms with Crippen LogP contribution in [0.5, 0.6) is 0 Å². The third-order valence-corrected chi connectivity index (χ3v) is 4.36. The molecule has 23 heavy (non-hydrogen) atoms. The van der Waals surface area contributed by atoms with Crippen LogP contribution in [0.15, 0.2) is 24.3 Å². The maximum Gasteiger partial charge on any atom is 0.233 e. The van der Waals surface area contributed by atoms with Crippen LogP contribution in [0.25, 0.3) is 0 Å². The number of anilines is 1. The lowest BCUT2D eigenvalue weighted by molar-refractivity contribution is -0.136. The summed E-state index contributed by atoms with van der Waals surface area (Å²) in [7, 11) is 0. The van der Waals surface area contributed by atoms with E-state index < -0.39 is 0 Å². The second kappa shape index (κ2) is 7.16. The minimum Gasteiger partial charge on any atom is -0.342 e. The number of benzene rings is 1. The summed E-state index contributed by atoms with van der Waals surface area (Å²) in [5.74, 6) is 0.220. The van der Waals surface area contributed by atoms with Crippen molar-refractivity contribution in [3.05, 3.63) is 29.8 Å². The van der Waals surface area contributed by atoms with Gasteiger partial charge < -0.3 is 10.2 Å². The largest absolute Gasteiger partial charge is 0.342 e. The molecule has 0 aliphatic carbocycles. The average Bonchev–Trinajstić information content (AvgIpc) is 2.46. The number of nitrogens with one attached hydrogen (secondary N) is 1. The predicted molar refractivity (Wildman–Crippen MR) is 93.4 cm³/mol. The molecule has 1 atom stereocenters. The normalized spacial score (nSPS) is 18.6. The lowest BCUT2D eigenvalue weighted by Gasteiger charge is -2.30. The van der Waals surface area contributed by atoms with Crippen LogP contribution in [0.1, 0.15) is 52.5 Å². The van der Waals surface area contributed by atoms with E-state index in [4.69, 9.17) is 0 Å². The lowest BCUT2D eigenvalue weighted by atomic mass is 9.87. The van der Waals surface area contributed by atoms with Crippen molar-refractivity contribution in [2.75, 3.05) is 18.4 Å². The first-order valence-corrected chi connectivity index (χ1v) is 8.44. The molecule has 1 aromatic carbocycles. The van der Waals surface area contributed by atoms with Gasteiger partial charge in [0.1, 0.15) is 6.42 Å². The van der Waals surface area contributed by atoms with Gasteiger partial charge in [-0.05, 0) is 41.9 Å². The number of likely N-dealkylation sites (tertiary alicyclic amines) is 1. The van der Waals surface area contributed by atoms with Crippen LogP contribution < -0.4 is 5.32 Å². The first kappa shape index (κ1) is 17.5. The highest BCUT2D eigenvalue weighted by atomic mass is 16.2. The predicted octanol–water partition coefficient (Wildman–Crippen LogP) is 3.57. The van der Waals surface area contributed by atoms with E-state index in [2.05, 4.69) is 33.0 Å². The molecule has 126 valence electrons. The zero-order valence-electron chi connectivity index (χ0n) is 14.7. The van der Waals surface area contributed by atoms with Crippen LogP contribution in [0, 0.1) is 5.92 Å². The van der Waals surface area contributed by atoms with Crippen LogP contribution in [0.3, 0.4) is 0 Å². The molecule has 1 N–H and O–H groups in total. The van der Waals surface area contributed by atoms with Crippen LogP contribution in [-0.4, -0.2) is 29.8 Å². The second-order valence-electron chi connectivity index (χ2n) is 7.64. The van der Waals surface area contributed by atoms with Crippen molar-refractivity contribution in [2.45, 2.75) is 52.4 Å². The molecule has 1 fully saturated rings. The quantitative estimate of drug-likeness (QED) is 0.867. The summed E-state index contributed by atoms with van der Waals surface area (Å²) in [6, 6.07) is 7.82. The molecule has 2 rings (SSSR count). The number of amides is 2. The van der Waals surface area contributed by atoms with Crippen molar-refractivity contribution in [1.82, 2.24) is 4.90 Å². The van der Waals surface area contributed by atoms with Crippen molar-refractivity contribution < 1.29 is 9.59 Å². The summed E-state index contributed by atoms with van der Waals surface area (Å²) in [4.78, 5) is 26.1. The van der Waals surface area contributed by atoms with Gasteiger partial charge in [-0.3, -0.25) is 9.59 Å². The van der Waals surface area contributed by atoms with Gasteiger partial charge in [0, 0.05) is 18.8 Å². The Hall–Kier alpha value is -1.84. The zero-order chi connectivity index (χ0) is 17.0. The van der Waals surface area contributed by atoms with Gasteiger partial charge in [-0.15, -0.1) is 0 Å². The van der Waals surface area contributed by atoms with Crippen LogP contribution in [0.4, 0.5) is 5.69 Å². The van der Waals surface area contributed by atoms with Crippen molar-refractivity contribution >= 4 is 17.5 Å². The molecular weight excluding hydrogens is 288 g/mol. The SMILES string of the molecule is CC1CCCN(C(=O)CC(=O)Nc2ccc(C(C)(C)C)cc2)C1. The Morgan fingerprint density at radius 3 is 2.43 bits per heavy atom. The van der Waals surface area contributed by atoms with Gasteiger partial charge in [-0.1, -0.05) is 39.8 Å². The van der Waals surface area contributed by atoms with Crippen molar-refractivity contribution in [2.24, 2.45) is 5.92 Å². The molecule has 0 radical (unpaired) electrons. The number of rotatable bonds is 3. The summed E-state index contributed by atoms with van der Waals surface area (Å²) in [6.07, 6.45) is 2.12. The molecule has 0 bridgehead atoms. The monoisotopic (exact) mass is 316 g/mol. The minimum atomic E-state index is -0.239. The first-order valence-electron chi connectivity index (χ1n) is 8.44.